The SMILES string of the molecule is COc1ccccc1Oc1c(NS(=O)(=O)c2ccc(C)cn2)nc(N2CCOCC2)nc1OCCN(c1cccs1)S(=O)O. The molecular formula is C27H30N6O8S3. The number of thiophene rings is 1. The Morgan fingerprint density at radius 1 is 1.11 bits per heavy atom. The number of aromatic nitrogens is 3. The smallest absolute Gasteiger partial charge is 0.280 e. The number of morpholine rings is 1. The van der Waals surface area contributed by atoms with E-state index >= 15 is 0 Å². The summed E-state index contributed by atoms with van der Waals surface area (Å²) in [5.41, 5.74) is 0.789. The highest BCUT2D eigenvalue weighted by Crippen LogP contribution is 2.41. The van der Waals surface area contributed by atoms with Crippen molar-refractivity contribution in [3.05, 3.63) is 65.7 Å². The summed E-state index contributed by atoms with van der Waals surface area (Å²) in [5, 5.41) is 2.13. The lowest BCUT2D eigenvalue weighted by Crippen LogP contribution is -2.37. The van der Waals surface area contributed by atoms with Crippen LogP contribution in [0.2, 0.25) is 0 Å². The molecule has 17 heteroatoms. The van der Waals surface area contributed by atoms with E-state index in [0.717, 1.165) is 5.56 Å². The first-order chi connectivity index (χ1) is 21.2. The van der Waals surface area contributed by atoms with Crippen LogP contribution in [-0.4, -0.2) is 78.7 Å². The van der Waals surface area contributed by atoms with Crippen LogP contribution in [0.3, 0.4) is 0 Å². The average Bonchev–Trinajstić information content (AvgIpc) is 3.55. The van der Waals surface area contributed by atoms with Gasteiger partial charge in [-0.1, -0.05) is 18.2 Å². The van der Waals surface area contributed by atoms with E-state index in [2.05, 4.69) is 19.7 Å². The van der Waals surface area contributed by atoms with Gasteiger partial charge in [0.2, 0.25) is 11.7 Å². The van der Waals surface area contributed by atoms with Crippen LogP contribution in [0.5, 0.6) is 23.1 Å². The summed E-state index contributed by atoms with van der Waals surface area (Å²) in [6, 6.07) is 13.3. The normalized spacial score (nSPS) is 14.1. The van der Waals surface area contributed by atoms with E-state index in [-0.39, 0.29) is 47.3 Å². The van der Waals surface area contributed by atoms with E-state index in [4.69, 9.17) is 18.9 Å². The number of rotatable bonds is 13. The minimum Gasteiger partial charge on any atom is -0.493 e. The number of aryl methyl sites for hydroxylation is 1. The summed E-state index contributed by atoms with van der Waals surface area (Å²) in [4.78, 5) is 15.0. The standard InChI is InChI=1S/C27H30N6O8S3/c1-19-9-10-22(28-18-19)44(36,37)31-25-24(41-21-7-4-3-6-20(21)38-2)26(30-27(29-25)32-11-14-39-15-12-32)40-16-13-33(43(34)35)23-8-5-17-42-23/h3-10,17-18H,11-16H2,1-2H3,(H,34,35)(H,29,30,31). The van der Waals surface area contributed by atoms with Gasteiger partial charge in [0.1, 0.15) is 11.6 Å². The van der Waals surface area contributed by atoms with E-state index in [1.807, 2.05) is 4.90 Å². The summed E-state index contributed by atoms with van der Waals surface area (Å²) >= 11 is -1.02. The quantitative estimate of drug-likeness (QED) is 0.200. The molecule has 1 saturated heterocycles. The second-order valence-electron chi connectivity index (χ2n) is 9.27. The van der Waals surface area contributed by atoms with Crippen LogP contribution in [0.1, 0.15) is 5.56 Å². The fourth-order valence-corrected chi connectivity index (χ4v) is 6.46. The van der Waals surface area contributed by atoms with E-state index in [0.29, 0.717) is 37.1 Å². The summed E-state index contributed by atoms with van der Waals surface area (Å²) in [7, 11) is -2.77. The first kappa shape index (κ1) is 31.4. The van der Waals surface area contributed by atoms with Gasteiger partial charge >= 0.3 is 0 Å². The number of para-hydroxylation sites is 2. The molecule has 4 aromatic rings. The van der Waals surface area contributed by atoms with E-state index in [9.17, 15) is 17.2 Å². The minimum atomic E-state index is -4.24. The Morgan fingerprint density at radius 2 is 1.89 bits per heavy atom. The Bertz CT molecular complexity index is 1680. The van der Waals surface area contributed by atoms with Crippen LogP contribution in [-0.2, 0) is 26.0 Å². The number of anilines is 3. The van der Waals surface area contributed by atoms with Crippen molar-refractivity contribution in [2.45, 2.75) is 11.9 Å². The number of ether oxygens (including phenoxy) is 4. The lowest BCUT2D eigenvalue weighted by Gasteiger charge is -2.28. The summed E-state index contributed by atoms with van der Waals surface area (Å²) in [5.74, 6) is 0.334. The van der Waals surface area contributed by atoms with Crippen molar-refractivity contribution in [3.8, 4) is 23.1 Å². The molecule has 1 unspecified atom stereocenters. The van der Waals surface area contributed by atoms with E-state index < -0.39 is 21.3 Å². The Morgan fingerprint density at radius 3 is 2.55 bits per heavy atom. The third-order valence-corrected chi connectivity index (χ3v) is 9.28. The number of pyridine rings is 1. The second-order valence-corrected chi connectivity index (χ2v) is 12.7. The largest absolute Gasteiger partial charge is 0.493 e. The van der Waals surface area contributed by atoms with Crippen LogP contribution < -0.4 is 28.1 Å². The molecule has 0 spiro atoms. The number of benzene rings is 1. The molecule has 3 aromatic heterocycles. The fourth-order valence-electron chi connectivity index (χ4n) is 4.09. The Kier molecular flexibility index (Phi) is 10.1. The molecule has 0 radical (unpaired) electrons. The molecule has 234 valence electrons. The maximum absolute atomic E-state index is 13.5. The van der Waals surface area contributed by atoms with Gasteiger partial charge in [0.05, 0.1) is 26.9 Å². The zero-order chi connectivity index (χ0) is 31.1. The highest BCUT2D eigenvalue weighted by atomic mass is 32.2. The van der Waals surface area contributed by atoms with Crippen molar-refractivity contribution in [2.24, 2.45) is 0 Å². The molecule has 2 N–H and O–H groups in total. The Balaban J connectivity index is 1.57. The number of methoxy groups -OCH3 is 1. The molecule has 1 fully saturated rings. The molecule has 1 aliphatic rings. The topological polar surface area (TPSA) is 166 Å². The van der Waals surface area contributed by atoms with Crippen LogP contribution in [0.25, 0.3) is 0 Å². The van der Waals surface area contributed by atoms with Crippen molar-refractivity contribution in [3.63, 3.8) is 0 Å². The van der Waals surface area contributed by atoms with Crippen molar-refractivity contribution in [2.75, 3.05) is 60.5 Å². The minimum absolute atomic E-state index is 0.00294. The second kappa shape index (κ2) is 14.2. The number of nitrogens with one attached hydrogen (secondary N) is 1. The van der Waals surface area contributed by atoms with Crippen molar-refractivity contribution in [1.29, 1.82) is 0 Å². The van der Waals surface area contributed by atoms with Crippen molar-refractivity contribution < 1.29 is 36.1 Å². The maximum Gasteiger partial charge on any atom is 0.280 e. The summed E-state index contributed by atoms with van der Waals surface area (Å²) in [6.07, 6.45) is 1.44. The molecule has 0 aliphatic carbocycles. The number of sulfonamides is 1. The van der Waals surface area contributed by atoms with Gasteiger partial charge < -0.3 is 23.8 Å². The number of hydrogen-bond acceptors (Lipinski definition) is 12. The number of hydrogen-bond donors (Lipinski definition) is 2. The van der Waals surface area contributed by atoms with Gasteiger partial charge in [-0.25, -0.2) is 9.19 Å². The van der Waals surface area contributed by atoms with Gasteiger partial charge in [-0.15, -0.1) is 11.3 Å². The molecule has 4 heterocycles. The Labute approximate surface area is 261 Å². The molecule has 44 heavy (non-hydrogen) atoms. The zero-order valence-corrected chi connectivity index (χ0v) is 26.2. The fraction of sp³-hybridized carbons (Fsp3) is 0.296. The molecule has 1 atom stereocenters. The monoisotopic (exact) mass is 662 g/mol. The van der Waals surface area contributed by atoms with Crippen LogP contribution in [0.4, 0.5) is 16.8 Å². The third-order valence-electron chi connectivity index (χ3n) is 6.26. The van der Waals surface area contributed by atoms with Crippen LogP contribution in [0, 0.1) is 6.92 Å². The van der Waals surface area contributed by atoms with Gasteiger partial charge in [-0.05, 0) is 48.2 Å². The highest BCUT2D eigenvalue weighted by Gasteiger charge is 2.28. The van der Waals surface area contributed by atoms with E-state index in [1.54, 1.807) is 54.8 Å². The molecule has 1 aromatic carbocycles. The molecule has 0 saturated carbocycles. The summed E-state index contributed by atoms with van der Waals surface area (Å²) < 4.78 is 75.8. The van der Waals surface area contributed by atoms with Gasteiger partial charge in [0.25, 0.3) is 27.2 Å². The number of nitrogens with zero attached hydrogens (tertiary/aromatic N) is 5. The lowest BCUT2D eigenvalue weighted by atomic mass is 10.3. The maximum atomic E-state index is 13.5. The Hall–Kier alpha value is -4.03. The lowest BCUT2D eigenvalue weighted by molar-refractivity contribution is 0.122. The molecule has 14 nitrogen and oxygen atoms in total. The predicted molar refractivity (Wildman–Crippen MR) is 166 cm³/mol. The predicted octanol–water partition coefficient (Wildman–Crippen LogP) is 3.70. The third kappa shape index (κ3) is 7.54. The zero-order valence-electron chi connectivity index (χ0n) is 23.8. The van der Waals surface area contributed by atoms with Gasteiger partial charge in [0.15, 0.2) is 22.3 Å². The summed E-state index contributed by atoms with van der Waals surface area (Å²) in [6.45, 7) is 3.43. The molecule has 5 rings (SSSR count). The molecule has 0 amide bonds. The van der Waals surface area contributed by atoms with Gasteiger partial charge in [0, 0.05) is 19.3 Å². The van der Waals surface area contributed by atoms with Crippen LogP contribution in [0.15, 0.2) is 65.1 Å². The van der Waals surface area contributed by atoms with Gasteiger partial charge in [-0.2, -0.15) is 18.4 Å². The molecule has 1 aliphatic heterocycles. The van der Waals surface area contributed by atoms with Crippen molar-refractivity contribution in [1.82, 2.24) is 15.0 Å². The van der Waals surface area contributed by atoms with E-state index in [1.165, 1.54) is 35.0 Å². The molecule has 0 bridgehead atoms. The van der Waals surface area contributed by atoms with Crippen molar-refractivity contribution >= 4 is 49.4 Å². The molecular weight excluding hydrogens is 633 g/mol. The average molecular weight is 663 g/mol. The van der Waals surface area contributed by atoms with Crippen LogP contribution >= 0.6 is 11.3 Å². The first-order valence-electron chi connectivity index (χ1n) is 13.3. The van der Waals surface area contributed by atoms with Gasteiger partial charge in [-0.3, -0.25) is 13.6 Å². The highest BCUT2D eigenvalue weighted by molar-refractivity contribution is 7.92. The first-order valence-corrected chi connectivity index (χ1v) is 16.7.